The van der Waals surface area contributed by atoms with E-state index in [2.05, 4.69) is 10.3 Å². The highest BCUT2D eigenvalue weighted by molar-refractivity contribution is 7.80. The fourth-order valence-corrected chi connectivity index (χ4v) is 2.64. The van der Waals surface area contributed by atoms with E-state index in [-0.39, 0.29) is 10.9 Å². The molecule has 0 bridgehead atoms. The first-order chi connectivity index (χ1) is 9.65. The molecule has 0 radical (unpaired) electrons. The van der Waals surface area contributed by atoms with Crippen molar-refractivity contribution >= 4 is 23.1 Å². The zero-order valence-corrected chi connectivity index (χ0v) is 12.1. The van der Waals surface area contributed by atoms with E-state index in [9.17, 15) is 4.79 Å². The van der Waals surface area contributed by atoms with Gasteiger partial charge in [0.25, 0.3) is 0 Å². The van der Waals surface area contributed by atoms with E-state index in [0.29, 0.717) is 32.6 Å². The Morgan fingerprint density at radius 1 is 1.50 bits per heavy atom. The smallest absolute Gasteiger partial charge is 0.233 e. The number of carbonyl (C=O) groups is 1. The third-order valence-electron chi connectivity index (χ3n) is 3.67. The lowest BCUT2D eigenvalue weighted by Gasteiger charge is -2.34. The number of carbonyl (C=O) groups excluding carboxylic acids is 1. The molecule has 3 N–H and O–H groups in total. The Labute approximate surface area is 123 Å². The van der Waals surface area contributed by atoms with Crippen molar-refractivity contribution in [2.24, 2.45) is 11.1 Å². The number of pyridine rings is 1. The Bertz CT molecular complexity index is 473. The van der Waals surface area contributed by atoms with Gasteiger partial charge in [-0.2, -0.15) is 0 Å². The van der Waals surface area contributed by atoms with E-state index in [1.807, 2.05) is 12.1 Å². The molecule has 5 nitrogen and oxygen atoms in total. The largest absolute Gasteiger partial charge is 0.392 e. The van der Waals surface area contributed by atoms with Crippen LogP contribution in [0.2, 0.25) is 0 Å². The minimum Gasteiger partial charge on any atom is -0.392 e. The topological polar surface area (TPSA) is 77.2 Å². The van der Waals surface area contributed by atoms with E-state index < -0.39 is 5.41 Å². The van der Waals surface area contributed by atoms with Gasteiger partial charge in [0.2, 0.25) is 5.91 Å². The molecule has 0 aliphatic carbocycles. The molecule has 0 saturated carbocycles. The van der Waals surface area contributed by atoms with Crippen LogP contribution in [0.15, 0.2) is 24.5 Å². The van der Waals surface area contributed by atoms with E-state index in [1.54, 1.807) is 12.4 Å². The van der Waals surface area contributed by atoms with Gasteiger partial charge >= 0.3 is 0 Å². The Balaban J connectivity index is 1.91. The molecule has 1 aliphatic rings. The quantitative estimate of drug-likeness (QED) is 0.786. The molecule has 0 unspecified atom stereocenters. The monoisotopic (exact) mass is 293 g/mol. The highest BCUT2D eigenvalue weighted by Gasteiger charge is 2.42. The predicted octanol–water partition coefficient (Wildman–Crippen LogP) is 0.823. The third kappa shape index (κ3) is 3.32. The molecule has 0 atom stereocenters. The molecule has 2 heterocycles. The van der Waals surface area contributed by atoms with Crippen LogP contribution in [0.1, 0.15) is 18.4 Å². The van der Waals surface area contributed by atoms with Gasteiger partial charge in [-0.1, -0.05) is 18.3 Å². The molecule has 6 heteroatoms. The number of hydrogen-bond acceptors (Lipinski definition) is 4. The Morgan fingerprint density at radius 2 is 2.25 bits per heavy atom. The van der Waals surface area contributed by atoms with Crippen molar-refractivity contribution in [2.45, 2.75) is 19.3 Å². The zero-order valence-electron chi connectivity index (χ0n) is 11.3. The van der Waals surface area contributed by atoms with E-state index in [0.717, 1.165) is 12.0 Å². The van der Waals surface area contributed by atoms with Crippen LogP contribution in [0, 0.1) is 5.41 Å². The van der Waals surface area contributed by atoms with Gasteiger partial charge in [-0.15, -0.1) is 0 Å². The molecule has 1 aromatic heterocycles. The SMILES string of the molecule is NC(=S)C1(C(=O)NCCc2cccnc2)CCOCC1. The maximum Gasteiger partial charge on any atom is 0.233 e. The van der Waals surface area contributed by atoms with Crippen molar-refractivity contribution in [3.8, 4) is 0 Å². The van der Waals surface area contributed by atoms with Gasteiger partial charge in [0.1, 0.15) is 5.41 Å². The van der Waals surface area contributed by atoms with Gasteiger partial charge in [0.15, 0.2) is 0 Å². The minimum absolute atomic E-state index is 0.0859. The number of thiocarbonyl (C=S) groups is 1. The molecular formula is C14H19N3O2S. The summed E-state index contributed by atoms with van der Waals surface area (Å²) in [6, 6.07) is 3.86. The summed E-state index contributed by atoms with van der Waals surface area (Å²) >= 11 is 5.10. The maximum absolute atomic E-state index is 12.4. The molecule has 1 fully saturated rings. The lowest BCUT2D eigenvalue weighted by Crippen LogP contribution is -2.52. The van der Waals surface area contributed by atoms with Gasteiger partial charge in [-0.05, 0) is 30.9 Å². The number of amides is 1. The van der Waals surface area contributed by atoms with Crippen LogP contribution in [0.25, 0.3) is 0 Å². The highest BCUT2D eigenvalue weighted by atomic mass is 32.1. The van der Waals surface area contributed by atoms with Crippen molar-refractivity contribution in [1.29, 1.82) is 0 Å². The van der Waals surface area contributed by atoms with Gasteiger partial charge in [-0.3, -0.25) is 9.78 Å². The standard InChI is InChI=1S/C14H19N3O2S/c15-12(20)14(4-8-19-9-5-14)13(18)17-7-3-11-2-1-6-16-10-11/h1-2,6,10H,3-5,7-9H2,(H2,15,20)(H,17,18). The van der Waals surface area contributed by atoms with Crippen LogP contribution in [0.5, 0.6) is 0 Å². The first kappa shape index (κ1) is 14.9. The lowest BCUT2D eigenvalue weighted by molar-refractivity contribution is -0.131. The van der Waals surface area contributed by atoms with Gasteiger partial charge < -0.3 is 15.8 Å². The summed E-state index contributed by atoms with van der Waals surface area (Å²) in [7, 11) is 0. The number of nitrogens with one attached hydrogen (secondary N) is 1. The summed E-state index contributed by atoms with van der Waals surface area (Å²) in [6.07, 6.45) is 5.38. The van der Waals surface area contributed by atoms with Crippen molar-refractivity contribution < 1.29 is 9.53 Å². The molecule has 1 saturated heterocycles. The Kier molecular flexibility index (Phi) is 5.03. The number of aromatic nitrogens is 1. The first-order valence-electron chi connectivity index (χ1n) is 6.70. The van der Waals surface area contributed by atoms with Crippen LogP contribution in [0.4, 0.5) is 0 Å². The fourth-order valence-electron chi connectivity index (χ4n) is 2.34. The lowest BCUT2D eigenvalue weighted by atomic mass is 9.79. The van der Waals surface area contributed by atoms with Crippen LogP contribution in [0.3, 0.4) is 0 Å². The number of ether oxygens (including phenoxy) is 1. The van der Waals surface area contributed by atoms with Gasteiger partial charge in [-0.25, -0.2) is 0 Å². The zero-order chi connectivity index (χ0) is 14.4. The summed E-state index contributed by atoms with van der Waals surface area (Å²) in [6.45, 7) is 1.59. The molecule has 0 aromatic carbocycles. The van der Waals surface area contributed by atoms with Crippen LogP contribution in [-0.4, -0.2) is 35.6 Å². The van der Waals surface area contributed by atoms with Crippen LogP contribution < -0.4 is 11.1 Å². The van der Waals surface area contributed by atoms with Crippen molar-refractivity contribution in [2.75, 3.05) is 19.8 Å². The predicted molar refractivity (Wildman–Crippen MR) is 80.2 cm³/mol. The minimum atomic E-state index is -0.747. The Morgan fingerprint density at radius 3 is 2.85 bits per heavy atom. The normalized spacial score (nSPS) is 17.4. The van der Waals surface area contributed by atoms with E-state index in [1.165, 1.54) is 0 Å². The van der Waals surface area contributed by atoms with Crippen LogP contribution in [-0.2, 0) is 16.0 Å². The number of nitrogens with zero attached hydrogens (tertiary/aromatic N) is 1. The van der Waals surface area contributed by atoms with Crippen LogP contribution >= 0.6 is 12.2 Å². The molecule has 1 amide bonds. The summed E-state index contributed by atoms with van der Waals surface area (Å²) in [5.74, 6) is -0.0859. The third-order valence-corrected chi connectivity index (χ3v) is 4.07. The second kappa shape index (κ2) is 6.76. The second-order valence-corrected chi connectivity index (χ2v) is 5.37. The maximum atomic E-state index is 12.4. The number of rotatable bonds is 5. The molecule has 20 heavy (non-hydrogen) atoms. The van der Waals surface area contributed by atoms with Gasteiger partial charge in [0.05, 0.1) is 4.99 Å². The fraction of sp³-hybridized carbons (Fsp3) is 0.500. The number of hydrogen-bond donors (Lipinski definition) is 2. The molecule has 2 rings (SSSR count). The average molecular weight is 293 g/mol. The van der Waals surface area contributed by atoms with E-state index >= 15 is 0 Å². The van der Waals surface area contributed by atoms with Crippen molar-refractivity contribution in [3.63, 3.8) is 0 Å². The summed E-state index contributed by atoms with van der Waals surface area (Å²) < 4.78 is 5.30. The second-order valence-electron chi connectivity index (χ2n) is 4.93. The van der Waals surface area contributed by atoms with Gasteiger partial charge in [0, 0.05) is 32.2 Å². The Hall–Kier alpha value is -1.53. The first-order valence-corrected chi connectivity index (χ1v) is 7.11. The molecule has 108 valence electrons. The summed E-state index contributed by atoms with van der Waals surface area (Å²) in [5, 5.41) is 2.93. The molecule has 0 spiro atoms. The average Bonchev–Trinajstić information content (AvgIpc) is 2.48. The molecule has 1 aromatic rings. The summed E-state index contributed by atoms with van der Waals surface area (Å²) in [5.41, 5.74) is 6.13. The van der Waals surface area contributed by atoms with E-state index in [4.69, 9.17) is 22.7 Å². The highest BCUT2D eigenvalue weighted by Crippen LogP contribution is 2.31. The van der Waals surface area contributed by atoms with Crippen molar-refractivity contribution in [3.05, 3.63) is 30.1 Å². The molecular weight excluding hydrogens is 274 g/mol. The number of nitrogens with two attached hydrogens (primary N) is 1. The molecule has 1 aliphatic heterocycles. The summed E-state index contributed by atoms with van der Waals surface area (Å²) in [4.78, 5) is 16.7. The van der Waals surface area contributed by atoms with Crippen molar-refractivity contribution in [1.82, 2.24) is 10.3 Å².